The Balaban J connectivity index is 2.76. The van der Waals surface area contributed by atoms with E-state index in [1.165, 1.54) is 7.11 Å². The standard InChI is InChI=1S/C13H21N2O4PS/c1-10(2)19-13(16)11(3)15-20(17,9-18-4)21-12-7-5-6-8-14-12/h5-8,10-11H,9H2,1-4H3,(H,15,17)/t11-,20?/m0/s1. The number of esters is 1. The van der Waals surface area contributed by atoms with Crippen molar-refractivity contribution in [3.63, 3.8) is 0 Å². The van der Waals surface area contributed by atoms with Gasteiger partial charge in [-0.3, -0.25) is 9.36 Å². The van der Waals surface area contributed by atoms with Gasteiger partial charge in [0.15, 0.2) is 0 Å². The Labute approximate surface area is 129 Å². The van der Waals surface area contributed by atoms with E-state index in [4.69, 9.17) is 9.47 Å². The molecule has 8 heteroatoms. The molecule has 6 nitrogen and oxygen atoms in total. The zero-order valence-corrected chi connectivity index (χ0v) is 14.3. The smallest absolute Gasteiger partial charge is 0.323 e. The summed E-state index contributed by atoms with van der Waals surface area (Å²) in [5, 5.41) is 3.43. The lowest BCUT2D eigenvalue weighted by atomic mass is 10.4. The van der Waals surface area contributed by atoms with E-state index in [2.05, 4.69) is 10.1 Å². The molecule has 1 N–H and O–H groups in total. The van der Waals surface area contributed by atoms with Crippen LogP contribution in [-0.2, 0) is 18.8 Å². The number of carbonyl (C=O) groups excluding carboxylic acids is 1. The summed E-state index contributed by atoms with van der Waals surface area (Å²) >= 11 is 1.08. The molecule has 1 aromatic rings. The molecule has 2 atom stereocenters. The lowest BCUT2D eigenvalue weighted by molar-refractivity contribution is -0.148. The molecular formula is C13H21N2O4PS. The van der Waals surface area contributed by atoms with Crippen molar-refractivity contribution in [2.24, 2.45) is 0 Å². The lowest BCUT2D eigenvalue weighted by Crippen LogP contribution is -2.34. The van der Waals surface area contributed by atoms with Crippen molar-refractivity contribution < 1.29 is 18.8 Å². The zero-order valence-electron chi connectivity index (χ0n) is 12.6. The van der Waals surface area contributed by atoms with Crippen LogP contribution in [-0.4, -0.2) is 36.6 Å². The van der Waals surface area contributed by atoms with Gasteiger partial charge in [0.25, 0.3) is 0 Å². The van der Waals surface area contributed by atoms with Gasteiger partial charge in [0.2, 0.25) is 6.49 Å². The third-order valence-corrected chi connectivity index (χ3v) is 6.45. The molecule has 0 spiro atoms. The van der Waals surface area contributed by atoms with Crippen LogP contribution < -0.4 is 5.09 Å². The first-order valence-corrected chi connectivity index (χ1v) is 9.84. The number of pyridine rings is 1. The Kier molecular flexibility index (Phi) is 7.39. The summed E-state index contributed by atoms with van der Waals surface area (Å²) in [5.74, 6) is -0.442. The average Bonchev–Trinajstić information content (AvgIpc) is 2.38. The highest BCUT2D eigenvalue weighted by Crippen LogP contribution is 2.58. The van der Waals surface area contributed by atoms with Crippen molar-refractivity contribution in [3.8, 4) is 0 Å². The second kappa shape index (κ2) is 8.54. The van der Waals surface area contributed by atoms with Crippen molar-refractivity contribution in [2.45, 2.75) is 37.9 Å². The summed E-state index contributed by atoms with van der Waals surface area (Å²) in [5.41, 5.74) is 0. The molecule has 118 valence electrons. The fourth-order valence-electron chi connectivity index (χ4n) is 1.49. The molecule has 21 heavy (non-hydrogen) atoms. The average molecular weight is 332 g/mol. The molecule has 1 unspecified atom stereocenters. The Morgan fingerprint density at radius 3 is 2.67 bits per heavy atom. The maximum atomic E-state index is 12.9. The van der Waals surface area contributed by atoms with Gasteiger partial charge in [-0.25, -0.2) is 10.1 Å². The van der Waals surface area contributed by atoms with E-state index in [9.17, 15) is 9.36 Å². The number of carbonyl (C=O) groups is 1. The van der Waals surface area contributed by atoms with Gasteiger partial charge in [0, 0.05) is 13.3 Å². The van der Waals surface area contributed by atoms with Crippen LogP contribution in [0.5, 0.6) is 0 Å². The van der Waals surface area contributed by atoms with Crippen LogP contribution in [0.1, 0.15) is 20.8 Å². The zero-order chi connectivity index (χ0) is 15.9. The number of nitrogens with one attached hydrogen (secondary N) is 1. The van der Waals surface area contributed by atoms with E-state index in [0.717, 1.165) is 11.4 Å². The third-order valence-electron chi connectivity index (χ3n) is 2.27. The van der Waals surface area contributed by atoms with Crippen LogP contribution in [0.4, 0.5) is 0 Å². The van der Waals surface area contributed by atoms with Crippen molar-refractivity contribution >= 4 is 23.8 Å². The Morgan fingerprint density at radius 1 is 1.43 bits per heavy atom. The molecule has 0 amide bonds. The summed E-state index contributed by atoms with van der Waals surface area (Å²) in [4.78, 5) is 15.9. The van der Waals surface area contributed by atoms with E-state index in [0.29, 0.717) is 5.03 Å². The van der Waals surface area contributed by atoms with Crippen LogP contribution in [0, 0.1) is 0 Å². The second-order valence-corrected chi connectivity index (χ2v) is 9.47. The highest BCUT2D eigenvalue weighted by Gasteiger charge is 2.30. The molecule has 1 rings (SSSR count). The SMILES string of the molecule is COCP(=O)(N[C@@H](C)C(=O)OC(C)C)Sc1ccccn1. The van der Waals surface area contributed by atoms with Gasteiger partial charge in [-0.2, -0.15) is 0 Å². The third kappa shape index (κ3) is 6.61. The first kappa shape index (κ1) is 18.2. The van der Waals surface area contributed by atoms with E-state index >= 15 is 0 Å². The lowest BCUT2D eigenvalue weighted by Gasteiger charge is -2.22. The molecule has 0 bridgehead atoms. The summed E-state index contributed by atoms with van der Waals surface area (Å²) in [6, 6.07) is 4.65. The Hall–Kier alpha value is -0.880. The summed E-state index contributed by atoms with van der Waals surface area (Å²) in [6.45, 7) is 2.14. The van der Waals surface area contributed by atoms with Crippen LogP contribution >= 0.6 is 17.9 Å². The Morgan fingerprint density at radius 2 is 2.14 bits per heavy atom. The molecule has 0 saturated carbocycles. The van der Waals surface area contributed by atoms with Crippen LogP contribution in [0.2, 0.25) is 0 Å². The van der Waals surface area contributed by atoms with Gasteiger partial charge in [-0.05, 0) is 44.3 Å². The monoisotopic (exact) mass is 332 g/mol. The molecule has 0 radical (unpaired) electrons. The number of hydrogen-bond acceptors (Lipinski definition) is 6. The van der Waals surface area contributed by atoms with Gasteiger partial charge in [-0.1, -0.05) is 6.07 Å². The number of hydrogen-bond donors (Lipinski definition) is 1. The molecule has 0 saturated heterocycles. The molecule has 1 heterocycles. The van der Waals surface area contributed by atoms with E-state index < -0.39 is 18.5 Å². The summed E-state index contributed by atoms with van der Waals surface area (Å²) in [7, 11) is 1.46. The fraction of sp³-hybridized carbons (Fsp3) is 0.538. The largest absolute Gasteiger partial charge is 0.462 e. The minimum absolute atomic E-state index is 0.00641. The number of nitrogens with zero attached hydrogens (tertiary/aromatic N) is 1. The van der Waals surface area contributed by atoms with Crippen molar-refractivity contribution in [3.05, 3.63) is 24.4 Å². The van der Waals surface area contributed by atoms with Crippen LogP contribution in [0.3, 0.4) is 0 Å². The first-order valence-electron chi connectivity index (χ1n) is 6.53. The number of methoxy groups -OCH3 is 1. The van der Waals surface area contributed by atoms with Crippen LogP contribution in [0.15, 0.2) is 29.4 Å². The van der Waals surface area contributed by atoms with Crippen LogP contribution in [0.25, 0.3) is 0 Å². The van der Waals surface area contributed by atoms with Gasteiger partial charge >= 0.3 is 5.97 Å². The van der Waals surface area contributed by atoms with E-state index in [1.54, 1.807) is 39.1 Å². The molecule has 0 aliphatic rings. The predicted octanol–water partition coefficient (Wildman–Crippen LogP) is 2.90. The topological polar surface area (TPSA) is 77.5 Å². The van der Waals surface area contributed by atoms with Crippen molar-refractivity contribution in [1.82, 2.24) is 10.1 Å². The minimum atomic E-state index is -3.01. The molecular weight excluding hydrogens is 311 g/mol. The maximum absolute atomic E-state index is 12.9. The maximum Gasteiger partial charge on any atom is 0.323 e. The molecule has 1 aromatic heterocycles. The normalized spacial score (nSPS) is 15.5. The summed E-state index contributed by atoms with van der Waals surface area (Å²) < 4.78 is 23.0. The highest BCUT2D eigenvalue weighted by molar-refractivity contribution is 8.57. The number of rotatable bonds is 8. The van der Waals surface area contributed by atoms with E-state index in [-0.39, 0.29) is 12.5 Å². The number of ether oxygens (including phenoxy) is 2. The minimum Gasteiger partial charge on any atom is -0.462 e. The molecule has 0 aromatic carbocycles. The fourth-order valence-corrected chi connectivity index (χ4v) is 5.60. The highest BCUT2D eigenvalue weighted by atomic mass is 32.7. The van der Waals surface area contributed by atoms with E-state index in [1.807, 2.05) is 6.07 Å². The molecule has 0 aliphatic carbocycles. The van der Waals surface area contributed by atoms with Gasteiger partial charge < -0.3 is 9.47 Å². The quantitative estimate of drug-likeness (QED) is 0.579. The number of aromatic nitrogens is 1. The predicted molar refractivity (Wildman–Crippen MR) is 83.4 cm³/mol. The molecule has 0 fully saturated rings. The van der Waals surface area contributed by atoms with Gasteiger partial charge in [-0.15, -0.1) is 0 Å². The first-order chi connectivity index (χ1) is 9.86. The van der Waals surface area contributed by atoms with Crippen molar-refractivity contribution in [1.29, 1.82) is 0 Å². The second-order valence-electron chi connectivity index (χ2n) is 4.69. The van der Waals surface area contributed by atoms with Gasteiger partial charge in [0.05, 0.1) is 6.10 Å². The van der Waals surface area contributed by atoms with Gasteiger partial charge in [0.1, 0.15) is 17.4 Å². The summed E-state index contributed by atoms with van der Waals surface area (Å²) in [6.07, 6.45) is 1.40. The Bertz CT molecular complexity index is 498. The van der Waals surface area contributed by atoms with Crippen molar-refractivity contribution in [2.75, 3.05) is 13.5 Å². The molecule has 0 aliphatic heterocycles.